The summed E-state index contributed by atoms with van der Waals surface area (Å²) in [6.07, 6.45) is 3.30. The molecule has 0 aliphatic carbocycles. The Labute approximate surface area is 110 Å². The quantitative estimate of drug-likeness (QED) is 0.861. The molecule has 3 rings (SSSR count). The van der Waals surface area contributed by atoms with Crippen LogP contribution in [0.4, 0.5) is 4.39 Å². The smallest absolute Gasteiger partial charge is 0.170 e. The van der Waals surface area contributed by atoms with Gasteiger partial charge in [0.1, 0.15) is 5.82 Å². The van der Waals surface area contributed by atoms with Gasteiger partial charge in [0.15, 0.2) is 5.78 Å². The number of aromatic nitrogens is 1. The van der Waals surface area contributed by atoms with Crippen molar-refractivity contribution in [2.75, 3.05) is 6.61 Å². The second-order valence-electron chi connectivity index (χ2n) is 4.97. The number of hydrogen-bond acceptors (Lipinski definition) is 2. The lowest BCUT2D eigenvalue weighted by atomic mass is 9.90. The first-order chi connectivity index (χ1) is 9.20. The number of halogens is 1. The predicted octanol–water partition coefficient (Wildman–Crippen LogP) is 3.30. The van der Waals surface area contributed by atoms with Crippen LogP contribution >= 0.6 is 0 Å². The van der Waals surface area contributed by atoms with Crippen LogP contribution in [0.25, 0.3) is 10.9 Å². The summed E-state index contributed by atoms with van der Waals surface area (Å²) >= 11 is 0. The third-order valence-corrected chi connectivity index (χ3v) is 3.86. The Hall–Kier alpha value is -1.68. The summed E-state index contributed by atoms with van der Waals surface area (Å²) in [4.78, 5) is 15.5. The number of ketones is 1. The Bertz CT molecular complexity index is 620. The van der Waals surface area contributed by atoms with Crippen molar-refractivity contribution in [3.63, 3.8) is 0 Å². The summed E-state index contributed by atoms with van der Waals surface area (Å²) in [7, 11) is 0. The molecule has 0 saturated carbocycles. The molecule has 0 radical (unpaired) electrons. The fourth-order valence-corrected chi connectivity index (χ4v) is 2.85. The van der Waals surface area contributed by atoms with Gasteiger partial charge in [-0.1, -0.05) is 6.92 Å². The molecule has 100 valence electrons. The maximum absolute atomic E-state index is 13.1. The largest absolute Gasteiger partial charge is 0.377 e. The number of rotatable bonds is 3. The molecule has 2 aromatic rings. The van der Waals surface area contributed by atoms with Crippen LogP contribution in [0.2, 0.25) is 0 Å². The summed E-state index contributed by atoms with van der Waals surface area (Å²) in [6.45, 7) is 2.67. The fraction of sp³-hybridized carbons (Fsp3) is 0.400. The molecule has 1 N–H and O–H groups in total. The minimum atomic E-state index is -0.302. The SMILES string of the molecule is CCC1OCCC1C(=O)c1c[nH]c2cc(F)ccc12. The Balaban J connectivity index is 1.98. The third-order valence-electron chi connectivity index (χ3n) is 3.86. The number of ether oxygens (including phenoxy) is 1. The second kappa shape index (κ2) is 4.78. The Morgan fingerprint density at radius 3 is 3.16 bits per heavy atom. The van der Waals surface area contributed by atoms with Crippen molar-refractivity contribution in [3.8, 4) is 0 Å². The molecule has 1 aromatic carbocycles. The number of H-pyrrole nitrogens is 1. The summed E-state index contributed by atoms with van der Waals surface area (Å²) in [5.74, 6) is -0.278. The van der Waals surface area contributed by atoms with Crippen LogP contribution in [-0.4, -0.2) is 23.5 Å². The first kappa shape index (κ1) is 12.4. The summed E-state index contributed by atoms with van der Waals surface area (Å²) in [5.41, 5.74) is 1.30. The molecule has 1 aliphatic heterocycles. The average molecular weight is 261 g/mol. The summed E-state index contributed by atoms with van der Waals surface area (Å²) in [6, 6.07) is 4.45. The van der Waals surface area contributed by atoms with Crippen molar-refractivity contribution in [2.24, 2.45) is 5.92 Å². The lowest BCUT2D eigenvalue weighted by Gasteiger charge is -2.14. The monoisotopic (exact) mass is 261 g/mol. The molecule has 0 bridgehead atoms. The zero-order valence-corrected chi connectivity index (χ0v) is 10.8. The number of Topliss-reactive ketones (excluding diaryl/α,β-unsaturated/α-hetero) is 1. The van der Waals surface area contributed by atoms with Crippen molar-refractivity contribution in [3.05, 3.63) is 35.8 Å². The van der Waals surface area contributed by atoms with Crippen LogP contribution in [0.1, 0.15) is 30.1 Å². The van der Waals surface area contributed by atoms with Crippen molar-refractivity contribution >= 4 is 16.7 Å². The first-order valence-corrected chi connectivity index (χ1v) is 6.63. The highest BCUT2D eigenvalue weighted by molar-refractivity contribution is 6.09. The standard InChI is InChI=1S/C15H16FNO2/c1-2-14-11(5-6-19-14)15(18)12-8-17-13-7-9(16)3-4-10(12)13/h3-4,7-8,11,14,17H,2,5-6H2,1H3. The molecule has 2 atom stereocenters. The van der Waals surface area contributed by atoms with Crippen LogP contribution in [0.5, 0.6) is 0 Å². The van der Waals surface area contributed by atoms with E-state index in [0.29, 0.717) is 17.7 Å². The maximum atomic E-state index is 13.1. The predicted molar refractivity (Wildman–Crippen MR) is 70.7 cm³/mol. The van der Waals surface area contributed by atoms with Gasteiger partial charge in [-0.05, 0) is 31.0 Å². The van der Waals surface area contributed by atoms with E-state index in [4.69, 9.17) is 4.74 Å². The van der Waals surface area contributed by atoms with Crippen LogP contribution in [0, 0.1) is 11.7 Å². The van der Waals surface area contributed by atoms with Gasteiger partial charge in [0.2, 0.25) is 0 Å². The number of hydrogen-bond donors (Lipinski definition) is 1. The first-order valence-electron chi connectivity index (χ1n) is 6.63. The van der Waals surface area contributed by atoms with Crippen LogP contribution in [0.15, 0.2) is 24.4 Å². The highest BCUT2D eigenvalue weighted by Gasteiger charge is 2.34. The van der Waals surface area contributed by atoms with Crippen molar-refractivity contribution < 1.29 is 13.9 Å². The van der Waals surface area contributed by atoms with E-state index in [1.54, 1.807) is 12.3 Å². The van der Waals surface area contributed by atoms with Gasteiger partial charge in [-0.15, -0.1) is 0 Å². The zero-order valence-electron chi connectivity index (χ0n) is 10.8. The molecule has 1 aromatic heterocycles. The molecule has 0 spiro atoms. The number of benzene rings is 1. The second-order valence-corrected chi connectivity index (χ2v) is 4.97. The van der Waals surface area contributed by atoms with Crippen molar-refractivity contribution in [2.45, 2.75) is 25.9 Å². The number of carbonyl (C=O) groups is 1. The highest BCUT2D eigenvalue weighted by atomic mass is 19.1. The van der Waals surface area contributed by atoms with Gasteiger partial charge in [-0.2, -0.15) is 0 Å². The van der Waals surface area contributed by atoms with Gasteiger partial charge < -0.3 is 9.72 Å². The van der Waals surface area contributed by atoms with Gasteiger partial charge >= 0.3 is 0 Å². The lowest BCUT2D eigenvalue weighted by Crippen LogP contribution is -2.23. The molecule has 1 saturated heterocycles. The van der Waals surface area contributed by atoms with E-state index in [0.717, 1.165) is 18.2 Å². The van der Waals surface area contributed by atoms with Gasteiger partial charge in [-0.3, -0.25) is 4.79 Å². The summed E-state index contributed by atoms with van der Waals surface area (Å²) in [5, 5.41) is 0.785. The van der Waals surface area contributed by atoms with Crippen LogP contribution in [-0.2, 0) is 4.74 Å². The van der Waals surface area contributed by atoms with Gasteiger partial charge in [0.05, 0.1) is 12.0 Å². The molecule has 2 unspecified atom stereocenters. The van der Waals surface area contributed by atoms with E-state index in [2.05, 4.69) is 4.98 Å². The fourth-order valence-electron chi connectivity index (χ4n) is 2.85. The minimum absolute atomic E-state index is 0.0119. The molecule has 0 amide bonds. The van der Waals surface area contributed by atoms with Gasteiger partial charge in [-0.25, -0.2) is 4.39 Å². The molecule has 19 heavy (non-hydrogen) atoms. The average Bonchev–Trinajstić information content (AvgIpc) is 3.03. The third kappa shape index (κ3) is 2.06. The van der Waals surface area contributed by atoms with E-state index >= 15 is 0 Å². The number of carbonyl (C=O) groups excluding carboxylic acids is 1. The van der Waals surface area contributed by atoms with E-state index in [1.165, 1.54) is 12.1 Å². The van der Waals surface area contributed by atoms with Crippen LogP contribution < -0.4 is 0 Å². The zero-order chi connectivity index (χ0) is 13.4. The van der Waals surface area contributed by atoms with E-state index in [-0.39, 0.29) is 23.6 Å². The molecule has 1 fully saturated rings. The van der Waals surface area contributed by atoms with E-state index in [9.17, 15) is 9.18 Å². The highest BCUT2D eigenvalue weighted by Crippen LogP contribution is 2.30. The van der Waals surface area contributed by atoms with Crippen molar-refractivity contribution in [1.29, 1.82) is 0 Å². The topological polar surface area (TPSA) is 42.1 Å². The maximum Gasteiger partial charge on any atom is 0.170 e. The molecule has 3 nitrogen and oxygen atoms in total. The number of fused-ring (bicyclic) bond motifs is 1. The lowest BCUT2D eigenvalue weighted by molar-refractivity contribution is 0.0690. The Kier molecular flexibility index (Phi) is 3.11. The minimum Gasteiger partial charge on any atom is -0.377 e. The normalized spacial score (nSPS) is 23.1. The molecular weight excluding hydrogens is 245 g/mol. The molecular formula is C15H16FNO2. The Morgan fingerprint density at radius 1 is 1.53 bits per heavy atom. The summed E-state index contributed by atoms with van der Waals surface area (Å²) < 4.78 is 18.7. The number of aromatic amines is 1. The molecule has 1 aliphatic rings. The van der Waals surface area contributed by atoms with Crippen LogP contribution in [0.3, 0.4) is 0 Å². The molecule has 4 heteroatoms. The van der Waals surface area contributed by atoms with Gasteiger partial charge in [0.25, 0.3) is 0 Å². The van der Waals surface area contributed by atoms with Crippen molar-refractivity contribution in [1.82, 2.24) is 4.98 Å². The van der Waals surface area contributed by atoms with E-state index < -0.39 is 0 Å². The molecule has 2 heterocycles. The van der Waals surface area contributed by atoms with Gasteiger partial charge in [0, 0.05) is 29.3 Å². The Morgan fingerprint density at radius 2 is 2.37 bits per heavy atom. The number of nitrogens with one attached hydrogen (secondary N) is 1. The van der Waals surface area contributed by atoms with E-state index in [1.807, 2.05) is 6.92 Å².